The molecule has 0 fully saturated rings. The smallest absolute Gasteiger partial charge is 0.338 e. The first kappa shape index (κ1) is 12.6. The number of para-hydroxylation sites is 2. The zero-order chi connectivity index (χ0) is 13.8. The summed E-state index contributed by atoms with van der Waals surface area (Å²) in [4.78, 5) is 26.7. The summed E-state index contributed by atoms with van der Waals surface area (Å²) >= 11 is 0. The summed E-state index contributed by atoms with van der Waals surface area (Å²) in [6.45, 7) is 0. The molecule has 1 aromatic carbocycles. The van der Waals surface area contributed by atoms with Crippen LogP contribution >= 0.6 is 0 Å². The van der Waals surface area contributed by atoms with Gasteiger partial charge in [0.1, 0.15) is 0 Å². The third-order valence-electron chi connectivity index (χ3n) is 2.51. The van der Waals surface area contributed by atoms with Crippen molar-refractivity contribution in [2.75, 3.05) is 11.1 Å². The second-order valence-electron chi connectivity index (χ2n) is 3.77. The van der Waals surface area contributed by atoms with Gasteiger partial charge in [0.25, 0.3) is 5.91 Å². The van der Waals surface area contributed by atoms with Gasteiger partial charge in [0.2, 0.25) is 0 Å². The summed E-state index contributed by atoms with van der Waals surface area (Å²) in [5.74, 6) is -1.75. The molecule has 6 nitrogen and oxygen atoms in total. The van der Waals surface area contributed by atoms with Crippen molar-refractivity contribution in [3.63, 3.8) is 0 Å². The zero-order valence-corrected chi connectivity index (χ0v) is 9.83. The Morgan fingerprint density at radius 3 is 2.58 bits per heavy atom. The molecule has 0 spiro atoms. The van der Waals surface area contributed by atoms with Crippen LogP contribution in [0.3, 0.4) is 0 Å². The summed E-state index contributed by atoms with van der Waals surface area (Å²) in [5, 5.41) is 11.6. The van der Waals surface area contributed by atoms with Crippen molar-refractivity contribution in [1.82, 2.24) is 4.98 Å². The average Bonchev–Trinajstić information content (AvgIpc) is 2.41. The topological polar surface area (TPSA) is 105 Å². The van der Waals surface area contributed by atoms with Crippen molar-refractivity contribution in [2.45, 2.75) is 0 Å². The first-order valence-corrected chi connectivity index (χ1v) is 5.42. The molecule has 96 valence electrons. The van der Waals surface area contributed by atoms with E-state index >= 15 is 0 Å². The van der Waals surface area contributed by atoms with Crippen LogP contribution in [0.25, 0.3) is 0 Å². The molecule has 0 atom stereocenters. The zero-order valence-electron chi connectivity index (χ0n) is 9.83. The fourth-order valence-corrected chi connectivity index (χ4v) is 1.56. The maximum Gasteiger partial charge on any atom is 0.338 e. The summed E-state index contributed by atoms with van der Waals surface area (Å²) < 4.78 is 0. The molecular weight excluding hydrogens is 246 g/mol. The standard InChI is InChI=1S/C13H11N3O3/c14-10-3-1-2-4-11(10)16-12(17)8-5-6-15-7-9(8)13(18)19/h1-7H,14H2,(H,16,17)(H,18,19). The summed E-state index contributed by atoms with van der Waals surface area (Å²) in [6, 6.07) is 8.07. The number of nitrogens with two attached hydrogens (primary N) is 1. The minimum atomic E-state index is -1.21. The van der Waals surface area contributed by atoms with Crippen LogP contribution < -0.4 is 11.1 Å². The molecule has 2 aromatic rings. The van der Waals surface area contributed by atoms with Gasteiger partial charge in [-0.05, 0) is 18.2 Å². The van der Waals surface area contributed by atoms with E-state index in [1.165, 1.54) is 12.3 Å². The highest BCUT2D eigenvalue weighted by Crippen LogP contribution is 2.18. The number of hydrogen-bond acceptors (Lipinski definition) is 4. The molecule has 1 amide bonds. The third kappa shape index (κ3) is 2.68. The van der Waals surface area contributed by atoms with Crippen molar-refractivity contribution in [3.05, 3.63) is 53.9 Å². The van der Waals surface area contributed by atoms with Gasteiger partial charge in [-0.25, -0.2) is 4.79 Å². The van der Waals surface area contributed by atoms with Crippen LogP contribution in [0.5, 0.6) is 0 Å². The molecule has 0 aliphatic heterocycles. The van der Waals surface area contributed by atoms with Gasteiger partial charge in [0.05, 0.1) is 22.5 Å². The summed E-state index contributed by atoms with van der Waals surface area (Å²) in [7, 11) is 0. The number of benzene rings is 1. The fourth-order valence-electron chi connectivity index (χ4n) is 1.56. The predicted octanol–water partition coefficient (Wildman–Crippen LogP) is 1.61. The largest absolute Gasteiger partial charge is 0.478 e. The molecule has 0 aliphatic carbocycles. The summed E-state index contributed by atoms with van der Waals surface area (Å²) in [5.41, 5.74) is 6.41. The number of nitrogen functional groups attached to an aromatic ring is 1. The minimum Gasteiger partial charge on any atom is -0.478 e. The lowest BCUT2D eigenvalue weighted by Crippen LogP contribution is -2.17. The van der Waals surface area contributed by atoms with E-state index in [0.29, 0.717) is 11.4 Å². The van der Waals surface area contributed by atoms with Crippen LogP contribution in [0.2, 0.25) is 0 Å². The summed E-state index contributed by atoms with van der Waals surface area (Å²) in [6.07, 6.45) is 2.49. The number of anilines is 2. The lowest BCUT2D eigenvalue weighted by molar-refractivity contribution is 0.0692. The number of aromatic carboxylic acids is 1. The number of carboxylic acids is 1. The molecule has 0 saturated carbocycles. The molecule has 0 radical (unpaired) electrons. The van der Waals surface area contributed by atoms with Crippen LogP contribution in [0.4, 0.5) is 11.4 Å². The van der Waals surface area contributed by atoms with Gasteiger partial charge in [-0.3, -0.25) is 9.78 Å². The van der Waals surface area contributed by atoms with Crippen molar-refractivity contribution < 1.29 is 14.7 Å². The maximum absolute atomic E-state index is 12.0. The molecule has 4 N–H and O–H groups in total. The molecule has 6 heteroatoms. The van der Waals surface area contributed by atoms with Gasteiger partial charge < -0.3 is 16.2 Å². The first-order valence-electron chi connectivity index (χ1n) is 5.42. The fraction of sp³-hybridized carbons (Fsp3) is 0. The number of rotatable bonds is 3. The Balaban J connectivity index is 2.31. The van der Waals surface area contributed by atoms with E-state index in [0.717, 1.165) is 6.20 Å². The second kappa shape index (κ2) is 5.18. The van der Waals surface area contributed by atoms with Crippen LogP contribution in [0, 0.1) is 0 Å². The Morgan fingerprint density at radius 1 is 1.16 bits per heavy atom. The first-order chi connectivity index (χ1) is 9.09. The lowest BCUT2D eigenvalue weighted by atomic mass is 10.1. The average molecular weight is 257 g/mol. The third-order valence-corrected chi connectivity index (χ3v) is 2.51. The van der Waals surface area contributed by atoms with Gasteiger partial charge in [-0.15, -0.1) is 0 Å². The van der Waals surface area contributed by atoms with E-state index in [9.17, 15) is 9.59 Å². The molecule has 1 aromatic heterocycles. The number of nitrogens with one attached hydrogen (secondary N) is 1. The Hall–Kier alpha value is -2.89. The van der Waals surface area contributed by atoms with E-state index in [-0.39, 0.29) is 11.1 Å². The van der Waals surface area contributed by atoms with E-state index in [1.807, 2.05) is 0 Å². The molecule has 0 unspecified atom stereocenters. The second-order valence-corrected chi connectivity index (χ2v) is 3.77. The normalized spacial score (nSPS) is 9.89. The highest BCUT2D eigenvalue weighted by Gasteiger charge is 2.16. The SMILES string of the molecule is Nc1ccccc1NC(=O)c1ccncc1C(=O)O. The number of carbonyl (C=O) groups excluding carboxylic acids is 1. The molecule has 19 heavy (non-hydrogen) atoms. The number of nitrogens with zero attached hydrogens (tertiary/aromatic N) is 1. The van der Waals surface area contributed by atoms with Gasteiger partial charge in [-0.2, -0.15) is 0 Å². The Labute approximate surface area is 108 Å². The molecule has 0 aliphatic rings. The lowest BCUT2D eigenvalue weighted by Gasteiger charge is -2.09. The van der Waals surface area contributed by atoms with Gasteiger partial charge in [0, 0.05) is 12.4 Å². The number of carbonyl (C=O) groups is 2. The quantitative estimate of drug-likeness (QED) is 0.724. The van der Waals surface area contributed by atoms with E-state index in [1.54, 1.807) is 24.3 Å². The Kier molecular flexibility index (Phi) is 3.42. The Bertz CT molecular complexity index is 641. The van der Waals surface area contributed by atoms with Crippen molar-refractivity contribution >= 4 is 23.3 Å². The van der Waals surface area contributed by atoms with E-state index in [4.69, 9.17) is 10.8 Å². The number of aromatic nitrogens is 1. The molecule has 1 heterocycles. The number of pyridine rings is 1. The Morgan fingerprint density at radius 2 is 1.89 bits per heavy atom. The molecule has 2 rings (SSSR count). The van der Waals surface area contributed by atoms with Crippen molar-refractivity contribution in [3.8, 4) is 0 Å². The van der Waals surface area contributed by atoms with Crippen LogP contribution in [-0.4, -0.2) is 22.0 Å². The van der Waals surface area contributed by atoms with Crippen LogP contribution in [0.1, 0.15) is 20.7 Å². The van der Waals surface area contributed by atoms with Gasteiger partial charge in [0.15, 0.2) is 0 Å². The number of amides is 1. The van der Waals surface area contributed by atoms with Crippen LogP contribution in [-0.2, 0) is 0 Å². The van der Waals surface area contributed by atoms with E-state index < -0.39 is 11.9 Å². The minimum absolute atomic E-state index is 0.0331. The monoisotopic (exact) mass is 257 g/mol. The highest BCUT2D eigenvalue weighted by atomic mass is 16.4. The van der Waals surface area contributed by atoms with Crippen molar-refractivity contribution in [1.29, 1.82) is 0 Å². The van der Waals surface area contributed by atoms with Gasteiger partial charge >= 0.3 is 5.97 Å². The maximum atomic E-state index is 12.0. The van der Waals surface area contributed by atoms with E-state index in [2.05, 4.69) is 10.3 Å². The van der Waals surface area contributed by atoms with Crippen LogP contribution in [0.15, 0.2) is 42.7 Å². The molecular formula is C13H11N3O3. The highest BCUT2D eigenvalue weighted by molar-refractivity contribution is 6.11. The number of carboxylic acid groups (broad SMARTS) is 1. The molecule has 0 bridgehead atoms. The molecule has 0 saturated heterocycles. The van der Waals surface area contributed by atoms with Gasteiger partial charge in [-0.1, -0.05) is 12.1 Å². The number of hydrogen-bond donors (Lipinski definition) is 3. The predicted molar refractivity (Wildman–Crippen MR) is 70.0 cm³/mol. The van der Waals surface area contributed by atoms with Crippen molar-refractivity contribution in [2.24, 2.45) is 0 Å².